The molecule has 0 saturated heterocycles. The van der Waals surface area contributed by atoms with Crippen LogP contribution < -0.4 is 11.1 Å². The maximum Gasteiger partial charge on any atom is 0.0466 e. The van der Waals surface area contributed by atoms with Crippen LogP contribution in [0.25, 0.3) is 0 Å². The van der Waals surface area contributed by atoms with E-state index in [4.69, 9.17) is 5.73 Å². The van der Waals surface area contributed by atoms with Gasteiger partial charge in [0.1, 0.15) is 0 Å². The Balaban J connectivity index is 2.72. The lowest BCUT2D eigenvalue weighted by Crippen LogP contribution is -2.30. The quantitative estimate of drug-likeness (QED) is 0.402. The van der Waals surface area contributed by atoms with E-state index in [1.54, 1.807) is 0 Å². The molecular formula is C5H16N2Si. The number of hydrogen-bond acceptors (Lipinski definition) is 2. The van der Waals surface area contributed by atoms with Gasteiger partial charge in [0.05, 0.1) is 0 Å². The standard InChI is InChI=1S/C5H16N2Si/c1-8(2)5-7-4-3-6/h7-8H,3-6H2,1-2H3. The van der Waals surface area contributed by atoms with Gasteiger partial charge in [0.2, 0.25) is 0 Å². The first-order valence-corrected chi connectivity index (χ1v) is 6.30. The zero-order valence-corrected chi connectivity index (χ0v) is 6.93. The zero-order valence-electron chi connectivity index (χ0n) is 5.78. The van der Waals surface area contributed by atoms with Crippen LogP contribution in [0.1, 0.15) is 0 Å². The van der Waals surface area contributed by atoms with Gasteiger partial charge in [0, 0.05) is 21.9 Å². The minimum absolute atomic E-state index is 0.369. The van der Waals surface area contributed by atoms with Crippen molar-refractivity contribution in [1.29, 1.82) is 0 Å². The van der Waals surface area contributed by atoms with Crippen molar-refractivity contribution in [2.24, 2.45) is 5.73 Å². The molecule has 3 heteroatoms. The molecule has 2 nitrogen and oxygen atoms in total. The van der Waals surface area contributed by atoms with E-state index in [0.29, 0.717) is 0 Å². The Morgan fingerprint density at radius 2 is 2.12 bits per heavy atom. The Labute approximate surface area is 53.1 Å². The van der Waals surface area contributed by atoms with Crippen molar-refractivity contribution in [2.75, 3.05) is 19.3 Å². The highest BCUT2D eigenvalue weighted by molar-refractivity contribution is 6.55. The topological polar surface area (TPSA) is 38.0 Å². The first-order valence-electron chi connectivity index (χ1n) is 3.18. The molecule has 50 valence electrons. The average molecular weight is 132 g/mol. The van der Waals surface area contributed by atoms with Crippen LogP contribution in [-0.4, -0.2) is 28.1 Å². The van der Waals surface area contributed by atoms with Crippen molar-refractivity contribution in [3.63, 3.8) is 0 Å². The second-order valence-electron chi connectivity index (χ2n) is 2.39. The Morgan fingerprint density at radius 3 is 2.50 bits per heavy atom. The van der Waals surface area contributed by atoms with Gasteiger partial charge in [-0.1, -0.05) is 13.1 Å². The molecule has 0 spiro atoms. The Kier molecular flexibility index (Phi) is 5.37. The predicted octanol–water partition coefficient (Wildman–Crippen LogP) is -0.439. The summed E-state index contributed by atoms with van der Waals surface area (Å²) in [5.74, 6) is 0. The summed E-state index contributed by atoms with van der Waals surface area (Å²) in [5, 5.41) is 3.27. The summed E-state index contributed by atoms with van der Waals surface area (Å²) in [7, 11) is -0.369. The van der Waals surface area contributed by atoms with Crippen molar-refractivity contribution in [3.05, 3.63) is 0 Å². The summed E-state index contributed by atoms with van der Waals surface area (Å²) in [5.41, 5.74) is 5.27. The fourth-order valence-electron chi connectivity index (χ4n) is 0.493. The summed E-state index contributed by atoms with van der Waals surface area (Å²) in [6.45, 7) is 6.39. The van der Waals surface area contributed by atoms with Gasteiger partial charge in [0.15, 0.2) is 0 Å². The molecule has 0 aromatic heterocycles. The molecule has 0 heterocycles. The number of nitrogens with one attached hydrogen (secondary N) is 1. The minimum atomic E-state index is -0.369. The van der Waals surface area contributed by atoms with Crippen molar-refractivity contribution in [3.8, 4) is 0 Å². The van der Waals surface area contributed by atoms with Gasteiger partial charge in [-0.2, -0.15) is 0 Å². The summed E-state index contributed by atoms with van der Waals surface area (Å²) in [6.07, 6.45) is 1.22. The second kappa shape index (κ2) is 5.28. The third-order valence-corrected chi connectivity index (χ3v) is 1.98. The number of nitrogens with two attached hydrogens (primary N) is 1. The highest BCUT2D eigenvalue weighted by Crippen LogP contribution is 1.72. The Hall–Kier alpha value is 0.137. The molecule has 0 unspecified atom stereocenters. The van der Waals surface area contributed by atoms with Crippen LogP contribution in [0.15, 0.2) is 0 Å². The van der Waals surface area contributed by atoms with Crippen LogP contribution in [0.2, 0.25) is 13.1 Å². The van der Waals surface area contributed by atoms with E-state index >= 15 is 0 Å². The molecule has 0 saturated carbocycles. The third-order valence-electron chi connectivity index (χ3n) is 0.874. The van der Waals surface area contributed by atoms with E-state index < -0.39 is 0 Å². The lowest BCUT2D eigenvalue weighted by Gasteiger charge is -2.02. The van der Waals surface area contributed by atoms with Gasteiger partial charge in [-0.15, -0.1) is 0 Å². The number of rotatable bonds is 4. The lowest BCUT2D eigenvalue weighted by molar-refractivity contribution is 0.773. The van der Waals surface area contributed by atoms with Crippen molar-refractivity contribution in [2.45, 2.75) is 13.1 Å². The van der Waals surface area contributed by atoms with E-state index in [0.717, 1.165) is 13.1 Å². The highest BCUT2D eigenvalue weighted by Gasteiger charge is 1.90. The molecule has 0 aromatic rings. The van der Waals surface area contributed by atoms with Gasteiger partial charge in [0.25, 0.3) is 0 Å². The Morgan fingerprint density at radius 1 is 1.50 bits per heavy atom. The van der Waals surface area contributed by atoms with Gasteiger partial charge in [-0.05, 0) is 6.17 Å². The summed E-state index contributed by atoms with van der Waals surface area (Å²) < 4.78 is 0. The first kappa shape index (κ1) is 8.14. The van der Waals surface area contributed by atoms with Crippen LogP contribution in [0.4, 0.5) is 0 Å². The largest absolute Gasteiger partial charge is 0.329 e. The molecule has 0 amide bonds. The third kappa shape index (κ3) is 6.14. The maximum atomic E-state index is 5.27. The van der Waals surface area contributed by atoms with Crippen LogP contribution in [0.5, 0.6) is 0 Å². The fraction of sp³-hybridized carbons (Fsp3) is 1.00. The molecule has 8 heavy (non-hydrogen) atoms. The molecule has 0 aliphatic rings. The van der Waals surface area contributed by atoms with Crippen molar-refractivity contribution in [1.82, 2.24) is 5.32 Å². The van der Waals surface area contributed by atoms with E-state index in [-0.39, 0.29) is 8.80 Å². The molecule has 0 atom stereocenters. The summed E-state index contributed by atoms with van der Waals surface area (Å²) in [4.78, 5) is 0. The molecule has 0 aliphatic carbocycles. The average Bonchev–Trinajstić information content (AvgIpc) is 1.66. The smallest absolute Gasteiger partial charge is 0.0466 e. The van der Waals surface area contributed by atoms with Gasteiger partial charge < -0.3 is 11.1 Å². The second-order valence-corrected chi connectivity index (χ2v) is 5.58. The molecule has 3 N–H and O–H groups in total. The molecule has 0 bridgehead atoms. The van der Waals surface area contributed by atoms with Crippen LogP contribution in [-0.2, 0) is 0 Å². The highest BCUT2D eigenvalue weighted by atomic mass is 28.3. The van der Waals surface area contributed by atoms with Crippen LogP contribution >= 0.6 is 0 Å². The van der Waals surface area contributed by atoms with E-state index in [9.17, 15) is 0 Å². The van der Waals surface area contributed by atoms with Gasteiger partial charge in [-0.3, -0.25) is 0 Å². The molecule has 0 rings (SSSR count). The fourth-order valence-corrected chi connectivity index (χ4v) is 1.27. The van der Waals surface area contributed by atoms with Gasteiger partial charge in [-0.25, -0.2) is 0 Å². The Bertz CT molecular complexity index is 47.7. The van der Waals surface area contributed by atoms with Crippen LogP contribution in [0, 0.1) is 0 Å². The summed E-state index contributed by atoms with van der Waals surface area (Å²) in [6, 6.07) is 0. The molecule has 0 aromatic carbocycles. The first-order chi connectivity index (χ1) is 3.77. The number of hydrogen-bond donors (Lipinski definition) is 2. The molecule has 0 radical (unpaired) electrons. The lowest BCUT2D eigenvalue weighted by atomic mass is 10.7. The SMILES string of the molecule is C[SiH](C)CNCCN. The summed E-state index contributed by atoms with van der Waals surface area (Å²) >= 11 is 0. The predicted molar refractivity (Wildman–Crippen MR) is 40.8 cm³/mol. The normalized spacial score (nSPS) is 10.5. The monoisotopic (exact) mass is 132 g/mol. The zero-order chi connectivity index (χ0) is 6.41. The molecular weight excluding hydrogens is 116 g/mol. The maximum absolute atomic E-state index is 5.27. The molecule has 0 aliphatic heterocycles. The van der Waals surface area contributed by atoms with Crippen molar-refractivity contribution < 1.29 is 0 Å². The van der Waals surface area contributed by atoms with E-state index in [1.165, 1.54) is 6.17 Å². The van der Waals surface area contributed by atoms with Crippen molar-refractivity contribution >= 4 is 8.80 Å². The van der Waals surface area contributed by atoms with Crippen LogP contribution in [0.3, 0.4) is 0 Å². The van der Waals surface area contributed by atoms with E-state index in [1.807, 2.05) is 0 Å². The minimum Gasteiger partial charge on any atom is -0.329 e. The van der Waals surface area contributed by atoms with E-state index in [2.05, 4.69) is 18.4 Å². The van der Waals surface area contributed by atoms with Gasteiger partial charge >= 0.3 is 0 Å². The molecule has 0 fully saturated rings.